The number of aryl methyl sites for hydroxylation is 1. The summed E-state index contributed by atoms with van der Waals surface area (Å²) in [6.07, 6.45) is 1.83. The molecule has 2 aromatic rings. The second-order valence-corrected chi connectivity index (χ2v) is 7.85. The molecule has 2 rings (SSSR count). The lowest BCUT2D eigenvalue weighted by Gasteiger charge is -2.20. The lowest BCUT2D eigenvalue weighted by atomic mass is 10.1. The topological polar surface area (TPSA) is 24.9 Å². The number of halogens is 1. The van der Waals surface area contributed by atoms with Crippen molar-refractivity contribution >= 4 is 22.9 Å². The van der Waals surface area contributed by atoms with Gasteiger partial charge < -0.3 is 5.32 Å². The van der Waals surface area contributed by atoms with Crippen LogP contribution in [0.1, 0.15) is 48.8 Å². The third kappa shape index (κ3) is 5.10. The Morgan fingerprint density at radius 1 is 1.29 bits per heavy atom. The molecular formula is C17H23ClN2S. The monoisotopic (exact) mass is 322 g/mol. The zero-order valence-corrected chi connectivity index (χ0v) is 14.7. The Bertz CT molecular complexity index is 599. The van der Waals surface area contributed by atoms with Crippen molar-refractivity contribution in [3.63, 3.8) is 0 Å². The van der Waals surface area contributed by atoms with Crippen molar-refractivity contribution in [2.24, 2.45) is 0 Å². The van der Waals surface area contributed by atoms with Crippen LogP contribution >= 0.6 is 22.9 Å². The number of aromatic nitrogens is 1. The summed E-state index contributed by atoms with van der Waals surface area (Å²) in [5.74, 6) is 0. The highest BCUT2D eigenvalue weighted by molar-refractivity contribution is 7.11. The molecule has 2 nitrogen and oxygen atoms in total. The quantitative estimate of drug-likeness (QED) is 0.852. The van der Waals surface area contributed by atoms with Gasteiger partial charge in [-0.25, -0.2) is 4.98 Å². The van der Waals surface area contributed by atoms with E-state index in [4.69, 9.17) is 16.6 Å². The SMILES string of the molecule is CCc1nc(Cc2cccc(Cl)c2)sc1CNC(C)(C)C. The van der Waals surface area contributed by atoms with Gasteiger partial charge in [0.15, 0.2) is 0 Å². The standard InChI is InChI=1S/C17H23ClN2S/c1-5-14-15(11-19-17(2,3)4)21-16(20-14)10-12-7-6-8-13(18)9-12/h6-9,19H,5,10-11H2,1-4H3. The van der Waals surface area contributed by atoms with Crippen molar-refractivity contribution in [2.45, 2.75) is 52.6 Å². The molecule has 4 heteroatoms. The number of nitrogens with one attached hydrogen (secondary N) is 1. The number of thiazole rings is 1. The molecule has 0 aliphatic heterocycles. The molecule has 1 N–H and O–H groups in total. The van der Waals surface area contributed by atoms with Crippen LogP contribution in [-0.2, 0) is 19.4 Å². The van der Waals surface area contributed by atoms with Gasteiger partial charge >= 0.3 is 0 Å². The molecule has 1 heterocycles. The minimum Gasteiger partial charge on any atom is -0.307 e. The van der Waals surface area contributed by atoms with E-state index < -0.39 is 0 Å². The van der Waals surface area contributed by atoms with Gasteiger partial charge in [-0.2, -0.15) is 0 Å². The number of rotatable bonds is 5. The molecule has 0 aliphatic carbocycles. The summed E-state index contributed by atoms with van der Waals surface area (Å²) < 4.78 is 0. The zero-order valence-electron chi connectivity index (χ0n) is 13.2. The van der Waals surface area contributed by atoms with E-state index in [0.29, 0.717) is 0 Å². The summed E-state index contributed by atoms with van der Waals surface area (Å²) in [4.78, 5) is 6.14. The van der Waals surface area contributed by atoms with Gasteiger partial charge in [-0.05, 0) is 44.9 Å². The van der Waals surface area contributed by atoms with Gasteiger partial charge in [-0.15, -0.1) is 11.3 Å². The maximum absolute atomic E-state index is 6.05. The molecule has 0 saturated carbocycles. The van der Waals surface area contributed by atoms with Crippen molar-refractivity contribution in [2.75, 3.05) is 0 Å². The summed E-state index contributed by atoms with van der Waals surface area (Å²) in [5, 5.41) is 5.50. The van der Waals surface area contributed by atoms with E-state index >= 15 is 0 Å². The molecule has 1 aromatic carbocycles. The van der Waals surface area contributed by atoms with Crippen LogP contribution in [0.15, 0.2) is 24.3 Å². The fourth-order valence-electron chi connectivity index (χ4n) is 2.09. The van der Waals surface area contributed by atoms with Gasteiger partial charge in [0.05, 0.1) is 10.7 Å². The Balaban J connectivity index is 2.12. The maximum Gasteiger partial charge on any atom is 0.0975 e. The smallest absolute Gasteiger partial charge is 0.0975 e. The first kappa shape index (κ1) is 16.5. The predicted molar refractivity (Wildman–Crippen MR) is 92.3 cm³/mol. The Morgan fingerprint density at radius 3 is 2.67 bits per heavy atom. The third-order valence-corrected chi connectivity index (χ3v) is 4.51. The summed E-state index contributed by atoms with van der Waals surface area (Å²) in [6.45, 7) is 9.62. The van der Waals surface area contributed by atoms with Crippen LogP contribution in [-0.4, -0.2) is 10.5 Å². The highest BCUT2D eigenvalue weighted by atomic mass is 35.5. The molecule has 0 aliphatic rings. The largest absolute Gasteiger partial charge is 0.307 e. The van der Waals surface area contributed by atoms with Crippen LogP contribution in [0, 0.1) is 0 Å². The van der Waals surface area contributed by atoms with Gasteiger partial charge in [0.1, 0.15) is 0 Å². The molecule has 114 valence electrons. The third-order valence-electron chi connectivity index (χ3n) is 3.18. The molecule has 0 unspecified atom stereocenters. The Morgan fingerprint density at radius 2 is 2.05 bits per heavy atom. The number of benzene rings is 1. The van der Waals surface area contributed by atoms with Crippen molar-refractivity contribution in [3.05, 3.63) is 50.4 Å². The van der Waals surface area contributed by atoms with Crippen LogP contribution in [0.4, 0.5) is 0 Å². The molecule has 0 fully saturated rings. The van der Waals surface area contributed by atoms with E-state index in [-0.39, 0.29) is 5.54 Å². The van der Waals surface area contributed by atoms with Gasteiger partial charge in [-0.3, -0.25) is 0 Å². The van der Waals surface area contributed by atoms with E-state index in [0.717, 1.165) is 24.4 Å². The molecule has 0 spiro atoms. The summed E-state index contributed by atoms with van der Waals surface area (Å²) in [7, 11) is 0. The molecule has 0 bridgehead atoms. The second-order valence-electron chi connectivity index (χ2n) is 6.24. The molecule has 0 amide bonds. The van der Waals surface area contributed by atoms with Crippen LogP contribution in [0.3, 0.4) is 0 Å². The molecule has 0 saturated heterocycles. The van der Waals surface area contributed by atoms with E-state index in [2.05, 4.69) is 39.1 Å². The van der Waals surface area contributed by atoms with Crippen LogP contribution < -0.4 is 5.32 Å². The Hall–Kier alpha value is -0.900. The average molecular weight is 323 g/mol. The highest BCUT2D eigenvalue weighted by Gasteiger charge is 2.14. The van der Waals surface area contributed by atoms with E-state index in [1.54, 1.807) is 0 Å². The van der Waals surface area contributed by atoms with E-state index in [1.807, 2.05) is 29.5 Å². The number of hydrogen-bond acceptors (Lipinski definition) is 3. The summed E-state index contributed by atoms with van der Waals surface area (Å²) >= 11 is 7.86. The fourth-order valence-corrected chi connectivity index (χ4v) is 3.44. The molecular weight excluding hydrogens is 300 g/mol. The minimum absolute atomic E-state index is 0.127. The molecule has 21 heavy (non-hydrogen) atoms. The van der Waals surface area contributed by atoms with Crippen LogP contribution in [0.25, 0.3) is 0 Å². The van der Waals surface area contributed by atoms with Crippen molar-refractivity contribution in [3.8, 4) is 0 Å². The van der Waals surface area contributed by atoms with Gasteiger partial charge in [0.2, 0.25) is 0 Å². The number of hydrogen-bond donors (Lipinski definition) is 1. The van der Waals surface area contributed by atoms with Crippen molar-refractivity contribution in [1.29, 1.82) is 0 Å². The fraction of sp³-hybridized carbons (Fsp3) is 0.471. The lowest BCUT2D eigenvalue weighted by Crippen LogP contribution is -2.35. The van der Waals surface area contributed by atoms with E-state index in [9.17, 15) is 0 Å². The molecule has 1 aromatic heterocycles. The minimum atomic E-state index is 0.127. The predicted octanol–water partition coefficient (Wildman–Crippen LogP) is 4.84. The van der Waals surface area contributed by atoms with Crippen LogP contribution in [0.5, 0.6) is 0 Å². The maximum atomic E-state index is 6.05. The van der Waals surface area contributed by atoms with Gasteiger partial charge in [0, 0.05) is 28.4 Å². The average Bonchev–Trinajstić information content (AvgIpc) is 2.78. The summed E-state index contributed by atoms with van der Waals surface area (Å²) in [6, 6.07) is 8.02. The number of nitrogens with zero attached hydrogens (tertiary/aromatic N) is 1. The Labute approximate surface area is 136 Å². The normalized spacial score (nSPS) is 11.9. The first-order valence-corrected chi connectivity index (χ1v) is 8.54. The zero-order chi connectivity index (χ0) is 15.5. The molecule has 0 radical (unpaired) electrons. The highest BCUT2D eigenvalue weighted by Crippen LogP contribution is 2.23. The van der Waals surface area contributed by atoms with Gasteiger partial charge in [0.25, 0.3) is 0 Å². The molecule has 0 atom stereocenters. The lowest BCUT2D eigenvalue weighted by molar-refractivity contribution is 0.425. The second kappa shape index (κ2) is 6.91. The first-order chi connectivity index (χ1) is 9.87. The van der Waals surface area contributed by atoms with Crippen molar-refractivity contribution in [1.82, 2.24) is 10.3 Å². The van der Waals surface area contributed by atoms with Gasteiger partial charge in [-0.1, -0.05) is 30.7 Å². The first-order valence-electron chi connectivity index (χ1n) is 7.34. The van der Waals surface area contributed by atoms with Crippen molar-refractivity contribution < 1.29 is 0 Å². The summed E-state index contributed by atoms with van der Waals surface area (Å²) in [5.41, 5.74) is 2.56. The van der Waals surface area contributed by atoms with E-state index in [1.165, 1.54) is 21.1 Å². The van der Waals surface area contributed by atoms with Crippen LogP contribution in [0.2, 0.25) is 5.02 Å². The Kier molecular flexibility index (Phi) is 5.42.